The van der Waals surface area contributed by atoms with E-state index in [1.807, 2.05) is 24.3 Å². The Kier molecular flexibility index (Phi) is 3.89. The summed E-state index contributed by atoms with van der Waals surface area (Å²) in [5.74, 6) is 0.765. The lowest BCUT2D eigenvalue weighted by Gasteiger charge is -2.27. The van der Waals surface area contributed by atoms with Crippen molar-refractivity contribution in [2.45, 2.75) is 24.5 Å². The number of amides is 1. The second kappa shape index (κ2) is 5.81. The molecule has 2 aliphatic rings. The Labute approximate surface area is 118 Å². The Bertz CT molecular complexity index is 492. The molecule has 2 aliphatic heterocycles. The third-order valence-corrected chi connectivity index (χ3v) is 4.06. The molecule has 3 atom stereocenters. The molecule has 3 rings (SSSR count). The van der Waals surface area contributed by atoms with Crippen LogP contribution in [0.3, 0.4) is 0 Å². The van der Waals surface area contributed by atoms with E-state index in [0.29, 0.717) is 6.61 Å². The predicted octanol–water partition coefficient (Wildman–Crippen LogP) is 0.656. The van der Waals surface area contributed by atoms with Gasteiger partial charge in [0, 0.05) is 25.8 Å². The first-order chi connectivity index (χ1) is 9.79. The third kappa shape index (κ3) is 2.51. The molecule has 0 saturated carbocycles. The molecule has 0 spiro atoms. The Morgan fingerprint density at radius 1 is 1.40 bits per heavy atom. The van der Waals surface area contributed by atoms with Crippen molar-refractivity contribution in [3.63, 3.8) is 0 Å². The van der Waals surface area contributed by atoms with Gasteiger partial charge >= 0.3 is 0 Å². The SMILES string of the molecule is CO[C@H]1CNCC1NC(=O)C1CCOc2ccccc21. The fourth-order valence-corrected chi connectivity index (χ4v) is 2.94. The van der Waals surface area contributed by atoms with E-state index in [4.69, 9.17) is 9.47 Å². The summed E-state index contributed by atoms with van der Waals surface area (Å²) >= 11 is 0. The highest BCUT2D eigenvalue weighted by molar-refractivity contribution is 5.85. The quantitative estimate of drug-likeness (QED) is 0.851. The molecule has 0 aromatic heterocycles. The number of rotatable bonds is 3. The molecule has 1 saturated heterocycles. The van der Waals surface area contributed by atoms with Crippen molar-refractivity contribution in [2.75, 3.05) is 26.8 Å². The number of hydrogen-bond donors (Lipinski definition) is 2. The van der Waals surface area contributed by atoms with Gasteiger partial charge in [0.25, 0.3) is 0 Å². The highest BCUT2D eigenvalue weighted by Crippen LogP contribution is 2.33. The highest BCUT2D eigenvalue weighted by Gasteiger charge is 2.33. The van der Waals surface area contributed by atoms with E-state index in [1.165, 1.54) is 0 Å². The molecule has 1 aromatic carbocycles. The lowest BCUT2D eigenvalue weighted by Crippen LogP contribution is -2.46. The van der Waals surface area contributed by atoms with Crippen LogP contribution in [0.25, 0.3) is 0 Å². The molecule has 5 heteroatoms. The van der Waals surface area contributed by atoms with Gasteiger partial charge in [0.05, 0.1) is 24.7 Å². The van der Waals surface area contributed by atoms with Crippen LogP contribution in [0.4, 0.5) is 0 Å². The lowest BCUT2D eigenvalue weighted by molar-refractivity contribution is -0.124. The third-order valence-electron chi connectivity index (χ3n) is 4.06. The van der Waals surface area contributed by atoms with Crippen molar-refractivity contribution in [3.05, 3.63) is 29.8 Å². The van der Waals surface area contributed by atoms with Gasteiger partial charge in [0.2, 0.25) is 5.91 Å². The summed E-state index contributed by atoms with van der Waals surface area (Å²) in [5.41, 5.74) is 0.983. The molecule has 2 heterocycles. The van der Waals surface area contributed by atoms with Crippen LogP contribution in [0.5, 0.6) is 5.75 Å². The number of benzene rings is 1. The molecule has 5 nitrogen and oxygen atoms in total. The maximum absolute atomic E-state index is 12.5. The van der Waals surface area contributed by atoms with Crippen molar-refractivity contribution >= 4 is 5.91 Å². The predicted molar refractivity (Wildman–Crippen MR) is 74.9 cm³/mol. The van der Waals surface area contributed by atoms with Crippen LogP contribution in [-0.2, 0) is 9.53 Å². The number of methoxy groups -OCH3 is 1. The van der Waals surface area contributed by atoms with E-state index in [2.05, 4.69) is 10.6 Å². The fraction of sp³-hybridized carbons (Fsp3) is 0.533. The number of ether oxygens (including phenoxy) is 2. The van der Waals surface area contributed by atoms with Crippen molar-refractivity contribution in [2.24, 2.45) is 0 Å². The van der Waals surface area contributed by atoms with Gasteiger partial charge in [-0.3, -0.25) is 4.79 Å². The Morgan fingerprint density at radius 2 is 2.25 bits per heavy atom. The van der Waals surface area contributed by atoms with E-state index in [-0.39, 0.29) is 24.0 Å². The standard InChI is InChI=1S/C15H20N2O3/c1-19-14-9-16-8-12(14)17-15(18)11-6-7-20-13-5-3-2-4-10(11)13/h2-5,11-12,14,16H,6-9H2,1H3,(H,17,18)/t11?,12?,14-/m0/s1. The molecule has 0 bridgehead atoms. The monoisotopic (exact) mass is 276 g/mol. The van der Waals surface area contributed by atoms with Gasteiger partial charge in [0.15, 0.2) is 0 Å². The van der Waals surface area contributed by atoms with Crippen LogP contribution >= 0.6 is 0 Å². The molecular formula is C15H20N2O3. The zero-order valence-electron chi connectivity index (χ0n) is 11.6. The average molecular weight is 276 g/mol. The van der Waals surface area contributed by atoms with E-state index in [0.717, 1.165) is 30.8 Å². The summed E-state index contributed by atoms with van der Waals surface area (Å²) < 4.78 is 11.0. The Balaban J connectivity index is 1.72. The summed E-state index contributed by atoms with van der Waals surface area (Å²) in [4.78, 5) is 12.5. The van der Waals surface area contributed by atoms with E-state index < -0.39 is 0 Å². The molecule has 0 aliphatic carbocycles. The first-order valence-corrected chi connectivity index (χ1v) is 7.05. The summed E-state index contributed by atoms with van der Waals surface area (Å²) in [5, 5.41) is 6.34. The zero-order valence-corrected chi connectivity index (χ0v) is 11.6. The van der Waals surface area contributed by atoms with Crippen molar-refractivity contribution in [1.82, 2.24) is 10.6 Å². The van der Waals surface area contributed by atoms with Gasteiger partial charge in [-0.25, -0.2) is 0 Å². The highest BCUT2D eigenvalue weighted by atomic mass is 16.5. The van der Waals surface area contributed by atoms with Crippen molar-refractivity contribution in [3.8, 4) is 5.75 Å². The maximum Gasteiger partial charge on any atom is 0.228 e. The molecule has 0 radical (unpaired) electrons. The summed E-state index contributed by atoms with van der Waals surface area (Å²) in [6.07, 6.45) is 0.773. The van der Waals surface area contributed by atoms with E-state index in [9.17, 15) is 4.79 Å². The molecule has 108 valence electrons. The second-order valence-electron chi connectivity index (χ2n) is 5.28. The van der Waals surface area contributed by atoms with Gasteiger partial charge < -0.3 is 20.1 Å². The molecule has 1 fully saturated rings. The molecule has 20 heavy (non-hydrogen) atoms. The minimum Gasteiger partial charge on any atom is -0.493 e. The molecule has 1 amide bonds. The topological polar surface area (TPSA) is 59.6 Å². The molecule has 1 aromatic rings. The lowest BCUT2D eigenvalue weighted by atomic mass is 9.92. The van der Waals surface area contributed by atoms with Crippen LogP contribution in [0.15, 0.2) is 24.3 Å². The normalized spacial score (nSPS) is 28.6. The first kappa shape index (κ1) is 13.4. The molecular weight excluding hydrogens is 256 g/mol. The van der Waals surface area contributed by atoms with E-state index >= 15 is 0 Å². The number of fused-ring (bicyclic) bond motifs is 1. The number of carbonyl (C=O) groups is 1. The van der Waals surface area contributed by atoms with Gasteiger partial charge in [0.1, 0.15) is 5.75 Å². The summed E-state index contributed by atoms with van der Waals surface area (Å²) in [6.45, 7) is 2.13. The van der Waals surface area contributed by atoms with E-state index in [1.54, 1.807) is 7.11 Å². The Hall–Kier alpha value is -1.59. The van der Waals surface area contributed by atoms with Crippen LogP contribution in [0.1, 0.15) is 17.9 Å². The van der Waals surface area contributed by atoms with Crippen LogP contribution < -0.4 is 15.4 Å². The number of carbonyl (C=O) groups excluding carboxylic acids is 1. The fourth-order valence-electron chi connectivity index (χ4n) is 2.94. The van der Waals surface area contributed by atoms with Gasteiger partial charge in [-0.2, -0.15) is 0 Å². The first-order valence-electron chi connectivity index (χ1n) is 7.05. The Morgan fingerprint density at radius 3 is 3.10 bits per heavy atom. The molecule has 2 unspecified atom stereocenters. The number of hydrogen-bond acceptors (Lipinski definition) is 4. The van der Waals surface area contributed by atoms with Crippen LogP contribution in [0.2, 0.25) is 0 Å². The van der Waals surface area contributed by atoms with Gasteiger partial charge in [-0.15, -0.1) is 0 Å². The van der Waals surface area contributed by atoms with Crippen LogP contribution in [0, 0.1) is 0 Å². The average Bonchev–Trinajstić information content (AvgIpc) is 2.93. The van der Waals surface area contributed by atoms with Gasteiger partial charge in [-0.05, 0) is 12.5 Å². The smallest absolute Gasteiger partial charge is 0.228 e. The molecule has 2 N–H and O–H groups in total. The number of nitrogens with one attached hydrogen (secondary N) is 2. The second-order valence-corrected chi connectivity index (χ2v) is 5.28. The van der Waals surface area contributed by atoms with Crippen molar-refractivity contribution < 1.29 is 14.3 Å². The maximum atomic E-state index is 12.5. The largest absolute Gasteiger partial charge is 0.493 e. The van der Waals surface area contributed by atoms with Gasteiger partial charge in [-0.1, -0.05) is 18.2 Å². The number of para-hydroxylation sites is 1. The summed E-state index contributed by atoms with van der Waals surface area (Å²) in [7, 11) is 1.68. The van der Waals surface area contributed by atoms with Crippen molar-refractivity contribution in [1.29, 1.82) is 0 Å². The minimum atomic E-state index is -0.127. The minimum absolute atomic E-state index is 0.0440. The van der Waals surface area contributed by atoms with Crippen LogP contribution in [-0.4, -0.2) is 44.9 Å². The zero-order chi connectivity index (χ0) is 13.9. The summed E-state index contributed by atoms with van der Waals surface area (Å²) in [6, 6.07) is 7.81.